The Labute approximate surface area is 193 Å². The lowest BCUT2D eigenvalue weighted by atomic mass is 9.72. The van der Waals surface area contributed by atoms with E-state index in [2.05, 4.69) is 37.2 Å². The number of aliphatic hydroxyl groups excluding tert-OH is 1. The molecule has 1 aromatic carbocycles. The minimum absolute atomic E-state index is 0.0623. The third kappa shape index (κ3) is 3.11. The number of hydrogen-bond acceptors (Lipinski definition) is 3. The third-order valence-corrected chi connectivity index (χ3v) is 7.49. The number of Topliss-reactive ketones (excluding diaryl/α,β-unsaturated/α-hetero) is 1. The van der Waals surface area contributed by atoms with Gasteiger partial charge in [-0.15, -0.1) is 0 Å². The number of allylic oxidation sites excluding steroid dienone is 7. The molecule has 3 rings (SSSR count). The molecule has 2 aliphatic carbocycles. The van der Waals surface area contributed by atoms with Crippen molar-refractivity contribution in [3.05, 3.63) is 67.0 Å². The average molecular weight is 434 g/mol. The van der Waals surface area contributed by atoms with Crippen LogP contribution in [-0.4, -0.2) is 49.4 Å². The van der Waals surface area contributed by atoms with Gasteiger partial charge in [-0.2, -0.15) is 0 Å². The van der Waals surface area contributed by atoms with Crippen LogP contribution in [0.2, 0.25) is 0 Å². The van der Waals surface area contributed by atoms with E-state index in [1.165, 1.54) is 11.4 Å². The molecule has 0 aliphatic heterocycles. The Hall–Kier alpha value is -2.88. The molecule has 32 heavy (non-hydrogen) atoms. The number of nitrogens with zero attached hydrogens (tertiary/aromatic N) is 2. The Kier molecular flexibility index (Phi) is 5.88. The van der Waals surface area contributed by atoms with Gasteiger partial charge in [0.25, 0.3) is 0 Å². The number of carbonyl (C=O) groups excluding carboxylic acids is 1. The van der Waals surface area contributed by atoms with E-state index in [4.69, 9.17) is 0 Å². The zero-order chi connectivity index (χ0) is 24.4. The van der Waals surface area contributed by atoms with Gasteiger partial charge in [0.05, 0.1) is 11.1 Å². The molecule has 0 saturated carbocycles. The summed E-state index contributed by atoms with van der Waals surface area (Å²) in [5, 5.41) is 11.3. The maximum Gasteiger partial charge on any atom is 0.205 e. The molecule has 0 fully saturated rings. The maximum absolute atomic E-state index is 13.6. The van der Waals surface area contributed by atoms with Gasteiger partial charge in [0, 0.05) is 30.9 Å². The minimum Gasteiger partial charge on any atom is -0.506 e. The molecule has 0 radical (unpaired) electrons. The van der Waals surface area contributed by atoms with E-state index < -0.39 is 0 Å². The van der Waals surface area contributed by atoms with E-state index in [0.717, 1.165) is 55.7 Å². The molecule has 2 aliphatic rings. The second kappa shape index (κ2) is 7.91. The fourth-order valence-electron chi connectivity index (χ4n) is 5.54. The summed E-state index contributed by atoms with van der Waals surface area (Å²) in [7, 11) is 8.16. The van der Waals surface area contributed by atoms with Crippen molar-refractivity contribution in [2.45, 2.75) is 55.4 Å². The van der Waals surface area contributed by atoms with Gasteiger partial charge in [0.15, 0.2) is 0 Å². The average Bonchev–Trinajstić information content (AvgIpc) is 2.70. The summed E-state index contributed by atoms with van der Waals surface area (Å²) in [6.45, 7) is 16.6. The van der Waals surface area contributed by atoms with Crippen LogP contribution in [0.3, 0.4) is 0 Å². The number of benzene rings is 1. The Balaban J connectivity index is 2.33. The summed E-state index contributed by atoms with van der Waals surface area (Å²) in [6.07, 6.45) is 0. The van der Waals surface area contributed by atoms with Gasteiger partial charge < -0.3 is 10.0 Å². The Morgan fingerprint density at radius 3 is 1.44 bits per heavy atom. The topological polar surface area (TPSA) is 43.5 Å². The summed E-state index contributed by atoms with van der Waals surface area (Å²) in [6, 6.07) is 0. The first-order valence-electron chi connectivity index (χ1n) is 11.2. The summed E-state index contributed by atoms with van der Waals surface area (Å²) < 4.78 is 2.12. The molecule has 4 nitrogen and oxygen atoms in total. The summed E-state index contributed by atoms with van der Waals surface area (Å²) in [5.41, 5.74) is 13.8. The molecule has 0 bridgehead atoms. The fraction of sp³-hybridized carbons (Fsp3) is 0.429. The van der Waals surface area contributed by atoms with Gasteiger partial charge in [-0.05, 0) is 99.9 Å². The van der Waals surface area contributed by atoms with Gasteiger partial charge in [-0.3, -0.25) is 4.79 Å². The predicted octanol–water partition coefficient (Wildman–Crippen LogP) is 5.53. The van der Waals surface area contributed by atoms with Crippen molar-refractivity contribution >= 4 is 22.8 Å². The van der Waals surface area contributed by atoms with Crippen molar-refractivity contribution in [3.63, 3.8) is 0 Å². The normalized spacial score (nSPS) is 17.0. The second-order valence-electron chi connectivity index (χ2n) is 9.66. The van der Waals surface area contributed by atoms with Gasteiger partial charge in [0.1, 0.15) is 19.9 Å². The van der Waals surface area contributed by atoms with E-state index >= 15 is 0 Å². The van der Waals surface area contributed by atoms with Gasteiger partial charge in [-0.25, -0.2) is 4.58 Å². The molecule has 1 aromatic rings. The molecular weight excluding hydrogens is 396 g/mol. The largest absolute Gasteiger partial charge is 0.506 e. The highest BCUT2D eigenvalue weighted by Gasteiger charge is 2.41. The first kappa shape index (κ1) is 23.8. The monoisotopic (exact) mass is 433 g/mol. The van der Waals surface area contributed by atoms with E-state index in [1.54, 1.807) is 0 Å². The molecule has 0 saturated heterocycles. The highest BCUT2D eigenvalue weighted by Crippen LogP contribution is 2.47. The van der Waals surface area contributed by atoms with Crippen molar-refractivity contribution in [1.82, 2.24) is 0 Å². The van der Waals surface area contributed by atoms with Crippen molar-refractivity contribution < 1.29 is 14.5 Å². The molecule has 170 valence electrons. The van der Waals surface area contributed by atoms with Crippen LogP contribution in [0.25, 0.3) is 5.57 Å². The van der Waals surface area contributed by atoms with Crippen LogP contribution in [0.15, 0.2) is 39.2 Å². The standard InChI is InChI=1S/C28H36N2O2/c1-13-17(5)25(29(9)10)18(6)14(2)21(13)23-27(31)24(28(23)32)22-15(3)19(7)26(30(11)12)20(8)16(22)4/h1-12H3/p+1. The Morgan fingerprint density at radius 1 is 0.656 bits per heavy atom. The lowest BCUT2D eigenvalue weighted by Crippen LogP contribution is -2.28. The van der Waals surface area contributed by atoms with E-state index in [-0.39, 0.29) is 11.5 Å². The second-order valence-corrected chi connectivity index (χ2v) is 9.66. The van der Waals surface area contributed by atoms with Crippen LogP contribution in [0.5, 0.6) is 0 Å². The molecule has 0 spiro atoms. The molecular formula is C28H37N2O2+. The van der Waals surface area contributed by atoms with Crippen LogP contribution in [-0.2, 0) is 4.79 Å². The van der Waals surface area contributed by atoms with Crippen LogP contribution >= 0.6 is 0 Å². The Bertz CT molecular complexity index is 1180. The van der Waals surface area contributed by atoms with E-state index in [0.29, 0.717) is 11.1 Å². The number of hydrogen-bond donors (Lipinski definition) is 1. The number of ketones is 1. The lowest BCUT2D eigenvalue weighted by molar-refractivity contribution is -0.463. The van der Waals surface area contributed by atoms with Gasteiger partial charge in [0.2, 0.25) is 11.5 Å². The maximum atomic E-state index is 13.6. The molecule has 0 unspecified atom stereocenters. The van der Waals surface area contributed by atoms with Crippen molar-refractivity contribution in [3.8, 4) is 0 Å². The molecule has 1 N–H and O–H groups in total. The van der Waals surface area contributed by atoms with Crippen LogP contribution in [0.1, 0.15) is 55.5 Å². The van der Waals surface area contributed by atoms with Crippen molar-refractivity contribution in [1.29, 1.82) is 0 Å². The van der Waals surface area contributed by atoms with Crippen molar-refractivity contribution in [2.75, 3.05) is 33.1 Å². The van der Waals surface area contributed by atoms with E-state index in [1.807, 2.05) is 55.9 Å². The smallest absolute Gasteiger partial charge is 0.205 e. The quantitative estimate of drug-likeness (QED) is 0.492. The number of carbonyl (C=O) groups is 1. The number of rotatable bonds is 2. The minimum atomic E-state index is -0.0623. The number of aliphatic hydroxyl groups is 1. The van der Waals surface area contributed by atoms with Crippen LogP contribution < -0.4 is 4.90 Å². The van der Waals surface area contributed by atoms with Crippen LogP contribution in [0.4, 0.5) is 5.69 Å². The van der Waals surface area contributed by atoms with Crippen molar-refractivity contribution in [2.24, 2.45) is 0 Å². The lowest BCUT2D eigenvalue weighted by Gasteiger charge is -2.32. The van der Waals surface area contributed by atoms with Gasteiger partial charge in [-0.1, -0.05) is 0 Å². The highest BCUT2D eigenvalue weighted by atomic mass is 16.3. The summed E-state index contributed by atoms with van der Waals surface area (Å²) in [5.74, 6) is 0.0629. The zero-order valence-electron chi connectivity index (χ0n) is 21.7. The summed E-state index contributed by atoms with van der Waals surface area (Å²) in [4.78, 5) is 15.7. The molecule has 0 atom stereocenters. The zero-order valence-corrected chi connectivity index (χ0v) is 21.7. The first-order valence-corrected chi connectivity index (χ1v) is 11.2. The third-order valence-electron chi connectivity index (χ3n) is 7.49. The SMILES string of the molecule is CC1=C(C)C(=[N+](C)C)C(C)=C(C)C1=C1C(=O)C(c2c(C)c(C)c(N(C)C)c(C)c2C)=C1O. The molecule has 0 heterocycles. The molecule has 4 heteroatoms. The molecule has 0 aromatic heterocycles. The van der Waals surface area contributed by atoms with E-state index in [9.17, 15) is 9.90 Å². The highest BCUT2D eigenvalue weighted by molar-refractivity contribution is 6.40. The Morgan fingerprint density at radius 2 is 1.09 bits per heavy atom. The predicted molar refractivity (Wildman–Crippen MR) is 135 cm³/mol. The van der Waals surface area contributed by atoms with Gasteiger partial charge >= 0.3 is 0 Å². The first-order chi connectivity index (χ1) is 14.7. The summed E-state index contributed by atoms with van der Waals surface area (Å²) >= 11 is 0. The fourth-order valence-corrected chi connectivity index (χ4v) is 5.54. The number of anilines is 1. The van der Waals surface area contributed by atoms with Crippen LogP contribution in [0, 0.1) is 27.7 Å². The molecule has 0 amide bonds.